The van der Waals surface area contributed by atoms with Gasteiger partial charge in [0.15, 0.2) is 5.82 Å². The van der Waals surface area contributed by atoms with Crippen molar-refractivity contribution in [2.24, 2.45) is 0 Å². The number of rotatable bonds is 9. The smallest absolute Gasteiger partial charge is 0.376 e. The Morgan fingerprint density at radius 2 is 1.72 bits per heavy atom. The number of H-pyrrole nitrogens is 1. The maximum Gasteiger partial charge on any atom is 0.438 e. The lowest BCUT2D eigenvalue weighted by molar-refractivity contribution is -0.0592. The molecule has 3 aromatic carbocycles. The van der Waals surface area contributed by atoms with E-state index in [1.54, 1.807) is 79.1 Å². The number of carbonyl (C=O) groups is 1. The number of nitrogens with one attached hydrogen (secondary N) is 2. The van der Waals surface area contributed by atoms with Crippen LogP contribution in [0.25, 0.3) is 28.1 Å². The maximum absolute atomic E-state index is 15.4. The number of imidazole rings is 1. The van der Waals surface area contributed by atoms with Gasteiger partial charge < -0.3 is 14.2 Å². The van der Waals surface area contributed by atoms with Gasteiger partial charge in [-0.05, 0) is 138 Å². The third kappa shape index (κ3) is 6.69. The largest absolute Gasteiger partial charge is 0.438 e. The average molecular weight is 888 g/mol. The van der Waals surface area contributed by atoms with E-state index >= 15 is 9.18 Å². The zero-order chi connectivity index (χ0) is 45.0. The first kappa shape index (κ1) is 41.7. The molecule has 1 saturated carbocycles. The van der Waals surface area contributed by atoms with Crippen molar-refractivity contribution in [3.63, 3.8) is 0 Å². The molecule has 332 valence electrons. The summed E-state index contributed by atoms with van der Waals surface area (Å²) in [5.74, 6) is -0.0228. The number of benzene rings is 3. The standard InChI is InChI=1S/C47H50FN9O6S/c1-7-64(49,61)35-11-9-33(10-12-35)54-19-20-55(45(54)60)41-39-29(4)53(18-14-36(39)51-57(41)34-22-27(2)40(48)28(3)23-34)42(58)38-25-32-24-30(31-15-21-62-46(5,6)26-31)8-13-37(32)56(38)47(16-17-47)43-50-44(59)63-52-43/h8-13,19-20,22-25,29,31,49H,7,14-18,21,26H2,1-6H3,(H,50,52,59)/t29-,31-,64?/m0/s1. The number of nitrogens with zero attached hydrogens (tertiary/aromatic N) is 7. The number of hydrogen-bond donors (Lipinski definition) is 2. The summed E-state index contributed by atoms with van der Waals surface area (Å²) in [5, 5.41) is 10.1. The molecule has 7 aromatic rings. The lowest BCUT2D eigenvalue weighted by Gasteiger charge is -2.35. The van der Waals surface area contributed by atoms with Crippen LogP contribution in [0.15, 0.2) is 92.1 Å². The van der Waals surface area contributed by atoms with Crippen LogP contribution in [0.4, 0.5) is 4.39 Å². The van der Waals surface area contributed by atoms with Crippen LogP contribution >= 0.6 is 0 Å². The van der Waals surface area contributed by atoms with Crippen LogP contribution in [0, 0.1) is 24.4 Å². The summed E-state index contributed by atoms with van der Waals surface area (Å²) in [6.45, 7) is 12.2. The summed E-state index contributed by atoms with van der Waals surface area (Å²) in [6.07, 6.45) is 6.66. The first-order valence-electron chi connectivity index (χ1n) is 21.7. The highest BCUT2D eigenvalue weighted by molar-refractivity contribution is 7.92. The highest BCUT2D eigenvalue weighted by Crippen LogP contribution is 2.51. The van der Waals surface area contributed by atoms with Crippen molar-refractivity contribution < 1.29 is 22.7 Å². The molecule has 4 aromatic heterocycles. The van der Waals surface area contributed by atoms with E-state index in [1.807, 2.05) is 17.6 Å². The number of fused-ring (bicyclic) bond motifs is 2. The quantitative estimate of drug-likeness (QED) is 0.149. The van der Waals surface area contributed by atoms with E-state index in [0.29, 0.717) is 88.4 Å². The van der Waals surface area contributed by atoms with E-state index in [-0.39, 0.29) is 29.0 Å². The van der Waals surface area contributed by atoms with Crippen molar-refractivity contribution in [1.29, 1.82) is 4.78 Å². The SMILES string of the molecule is CCS(=N)(=O)c1ccc(-n2ccn(-c3c4c(nn3-c3cc(C)c(F)c(C)c3)CCN(C(=O)c3cc5cc([C@H]6CCOC(C)(C)C6)ccc5n3C3(c5noc(=O)[nH]5)CC3)[C@H]4C)c2=O)cc1. The Kier molecular flexibility index (Phi) is 9.68. The van der Waals surface area contributed by atoms with Gasteiger partial charge in [-0.3, -0.25) is 23.4 Å². The van der Waals surface area contributed by atoms with Gasteiger partial charge in [0.05, 0.1) is 38.4 Å². The second-order valence-electron chi connectivity index (χ2n) is 18.1. The van der Waals surface area contributed by atoms with Crippen LogP contribution in [0.2, 0.25) is 0 Å². The number of amides is 1. The van der Waals surface area contributed by atoms with Gasteiger partial charge in [-0.15, -0.1) is 0 Å². The molecule has 0 bridgehead atoms. The summed E-state index contributed by atoms with van der Waals surface area (Å²) >= 11 is 0. The third-order valence-corrected chi connectivity index (χ3v) is 15.4. The monoisotopic (exact) mass is 887 g/mol. The van der Waals surface area contributed by atoms with Gasteiger partial charge in [0.2, 0.25) is 0 Å². The van der Waals surface area contributed by atoms with Crippen molar-refractivity contribution in [2.75, 3.05) is 18.9 Å². The van der Waals surface area contributed by atoms with Crippen LogP contribution in [-0.2, 0) is 26.4 Å². The third-order valence-electron chi connectivity index (χ3n) is 13.5. The molecule has 1 aliphatic carbocycles. The molecule has 1 saturated heterocycles. The fourth-order valence-corrected chi connectivity index (χ4v) is 10.9. The van der Waals surface area contributed by atoms with Crippen molar-refractivity contribution >= 4 is 26.5 Å². The van der Waals surface area contributed by atoms with E-state index in [2.05, 4.69) is 42.2 Å². The summed E-state index contributed by atoms with van der Waals surface area (Å²) < 4.78 is 53.8. The van der Waals surface area contributed by atoms with Gasteiger partial charge in [-0.1, -0.05) is 18.1 Å². The Morgan fingerprint density at radius 3 is 2.38 bits per heavy atom. The van der Waals surface area contributed by atoms with Gasteiger partial charge >= 0.3 is 11.4 Å². The molecule has 17 heteroatoms. The van der Waals surface area contributed by atoms with E-state index in [9.17, 15) is 13.8 Å². The van der Waals surface area contributed by atoms with Gasteiger partial charge in [0.25, 0.3) is 5.91 Å². The molecular weight excluding hydrogens is 838 g/mol. The average Bonchev–Trinajstić information content (AvgIpc) is 3.55. The Morgan fingerprint density at radius 1 is 1.00 bits per heavy atom. The molecule has 10 rings (SSSR count). The van der Waals surface area contributed by atoms with E-state index in [1.165, 1.54) is 14.7 Å². The van der Waals surface area contributed by atoms with Crippen molar-refractivity contribution in [2.45, 2.75) is 102 Å². The summed E-state index contributed by atoms with van der Waals surface area (Å²) in [4.78, 5) is 47.3. The summed E-state index contributed by atoms with van der Waals surface area (Å²) in [7, 11) is -2.96. The Bertz CT molecular complexity index is 3230. The van der Waals surface area contributed by atoms with Gasteiger partial charge in [0.1, 0.15) is 22.9 Å². The molecule has 15 nitrogen and oxygen atoms in total. The zero-order valence-electron chi connectivity index (χ0n) is 36.6. The Labute approximate surface area is 368 Å². The highest BCUT2D eigenvalue weighted by atomic mass is 32.2. The predicted molar refractivity (Wildman–Crippen MR) is 238 cm³/mol. The molecule has 64 heavy (non-hydrogen) atoms. The number of aromatic nitrogens is 7. The maximum atomic E-state index is 15.4. The topological polar surface area (TPSA) is 179 Å². The van der Waals surface area contributed by atoms with E-state index < -0.39 is 32.8 Å². The first-order valence-corrected chi connectivity index (χ1v) is 23.5. The van der Waals surface area contributed by atoms with E-state index in [0.717, 1.165) is 23.7 Å². The minimum Gasteiger partial charge on any atom is -0.376 e. The lowest BCUT2D eigenvalue weighted by Crippen LogP contribution is -2.41. The number of aryl methyl sites for hydroxylation is 2. The zero-order valence-corrected chi connectivity index (χ0v) is 37.4. The fraction of sp³-hybridized carbons (Fsp3) is 0.383. The minimum atomic E-state index is -2.96. The van der Waals surface area contributed by atoms with Gasteiger partial charge in [-0.25, -0.2) is 27.6 Å². The summed E-state index contributed by atoms with van der Waals surface area (Å²) in [5.41, 5.74) is 4.22. The fourth-order valence-electron chi connectivity index (χ4n) is 10.0. The van der Waals surface area contributed by atoms with E-state index in [4.69, 9.17) is 19.1 Å². The highest BCUT2D eigenvalue weighted by Gasteiger charge is 2.52. The second-order valence-corrected chi connectivity index (χ2v) is 20.5. The molecular formula is C47H50FN9O6S. The van der Waals surface area contributed by atoms with Gasteiger partial charge in [0, 0.05) is 59.1 Å². The molecule has 2 fully saturated rings. The molecule has 1 unspecified atom stereocenters. The van der Waals surface area contributed by atoms with Crippen molar-refractivity contribution in [3.8, 4) is 17.2 Å². The molecule has 3 atom stereocenters. The molecule has 6 heterocycles. The molecule has 1 amide bonds. The molecule has 2 aliphatic heterocycles. The number of carbonyl (C=O) groups excluding carboxylic acids is 1. The molecule has 2 N–H and O–H groups in total. The predicted octanol–water partition coefficient (Wildman–Crippen LogP) is 7.60. The second kappa shape index (κ2) is 14.9. The van der Waals surface area contributed by atoms with Gasteiger partial charge in [-0.2, -0.15) is 5.10 Å². The molecule has 0 spiro atoms. The van der Waals surface area contributed by atoms with Crippen molar-refractivity contribution in [1.82, 2.24) is 38.5 Å². The Balaban J connectivity index is 1.10. The number of hydrogen-bond acceptors (Lipinski definition) is 9. The molecule has 0 radical (unpaired) electrons. The summed E-state index contributed by atoms with van der Waals surface area (Å²) in [6, 6.07) is 17.7. The van der Waals surface area contributed by atoms with Crippen LogP contribution in [0.3, 0.4) is 0 Å². The van der Waals surface area contributed by atoms with Crippen LogP contribution in [-0.4, -0.2) is 73.1 Å². The normalized spacial score (nSPS) is 20.0. The number of aromatic amines is 1. The van der Waals surface area contributed by atoms with Crippen LogP contribution < -0.4 is 11.4 Å². The van der Waals surface area contributed by atoms with Crippen LogP contribution in [0.1, 0.15) is 110 Å². The first-order chi connectivity index (χ1) is 30.5. The molecule has 3 aliphatic rings. The number of halogens is 1. The lowest BCUT2D eigenvalue weighted by atomic mass is 9.83. The minimum absolute atomic E-state index is 0.166. The van der Waals surface area contributed by atoms with Crippen LogP contribution in [0.5, 0.6) is 0 Å². The van der Waals surface area contributed by atoms with Crippen molar-refractivity contribution in [3.05, 3.63) is 139 Å². The Hall–Kier alpha value is -6.33. The number of ether oxygens (including phenoxy) is 1.